The maximum atomic E-state index is 12.8. The Balaban J connectivity index is 1.89. The third-order valence-corrected chi connectivity index (χ3v) is 6.36. The summed E-state index contributed by atoms with van der Waals surface area (Å²) in [4.78, 5) is 0.205. The summed E-state index contributed by atoms with van der Waals surface area (Å²) in [5.41, 5.74) is -0.746. The highest BCUT2D eigenvalue weighted by Gasteiger charge is 2.48. The number of aliphatic hydroxyl groups excluding tert-OH is 1. The van der Waals surface area contributed by atoms with Gasteiger partial charge in [-0.3, -0.25) is 0 Å². The second kappa shape index (κ2) is 5.81. The number of methoxy groups -OCH3 is 1. The summed E-state index contributed by atoms with van der Waals surface area (Å²) in [6.45, 7) is 1.07. The predicted molar refractivity (Wildman–Crippen MR) is 80.3 cm³/mol. The van der Waals surface area contributed by atoms with Crippen LogP contribution < -0.4 is 4.74 Å². The molecule has 0 unspecified atom stereocenters. The molecule has 2 aliphatic heterocycles. The van der Waals surface area contributed by atoms with Crippen molar-refractivity contribution in [2.24, 2.45) is 0 Å². The van der Waals surface area contributed by atoms with E-state index in [1.54, 1.807) is 18.2 Å². The fraction of sp³-hybridized carbons (Fsp3) is 0.600. The maximum Gasteiger partial charge on any atom is 0.243 e. The van der Waals surface area contributed by atoms with Crippen LogP contribution in [0.4, 0.5) is 0 Å². The molecular weight excluding hydrogens is 306 g/mol. The summed E-state index contributed by atoms with van der Waals surface area (Å²) < 4.78 is 37.9. The summed E-state index contributed by atoms with van der Waals surface area (Å²) >= 11 is 0. The smallest absolute Gasteiger partial charge is 0.243 e. The van der Waals surface area contributed by atoms with Crippen LogP contribution in [0, 0.1) is 0 Å². The first-order chi connectivity index (χ1) is 10.5. The van der Waals surface area contributed by atoms with Gasteiger partial charge in [0.1, 0.15) is 11.4 Å². The molecule has 1 aromatic carbocycles. The van der Waals surface area contributed by atoms with Gasteiger partial charge in [0.2, 0.25) is 10.0 Å². The minimum Gasteiger partial charge on any atom is -0.497 e. The number of nitrogens with zero attached hydrogens (tertiary/aromatic N) is 1. The molecule has 22 heavy (non-hydrogen) atoms. The van der Waals surface area contributed by atoms with E-state index < -0.39 is 21.7 Å². The summed E-state index contributed by atoms with van der Waals surface area (Å²) in [6, 6.07) is 6.44. The van der Waals surface area contributed by atoms with E-state index in [2.05, 4.69) is 0 Å². The van der Waals surface area contributed by atoms with Crippen LogP contribution in [0.25, 0.3) is 0 Å². The van der Waals surface area contributed by atoms with Gasteiger partial charge in [-0.15, -0.1) is 0 Å². The number of aliphatic hydroxyl groups is 1. The number of hydrogen-bond donors (Lipinski definition) is 1. The molecule has 2 aliphatic rings. The van der Waals surface area contributed by atoms with Crippen LogP contribution in [0.3, 0.4) is 0 Å². The lowest BCUT2D eigenvalue weighted by atomic mass is 9.88. The molecule has 2 saturated heterocycles. The number of hydrogen-bond acceptors (Lipinski definition) is 5. The second-order valence-corrected chi connectivity index (χ2v) is 7.78. The summed E-state index contributed by atoms with van der Waals surface area (Å²) in [6.07, 6.45) is 1.33. The van der Waals surface area contributed by atoms with Gasteiger partial charge in [0.05, 0.1) is 18.1 Å². The normalized spacial score (nSPS) is 29.8. The van der Waals surface area contributed by atoms with Gasteiger partial charge in [0, 0.05) is 25.8 Å². The molecule has 6 nitrogen and oxygen atoms in total. The summed E-state index contributed by atoms with van der Waals surface area (Å²) in [5.74, 6) is 0.505. The van der Waals surface area contributed by atoms with Crippen molar-refractivity contribution < 1.29 is 23.0 Å². The van der Waals surface area contributed by atoms with E-state index in [-0.39, 0.29) is 11.4 Å². The Labute approximate surface area is 130 Å². The van der Waals surface area contributed by atoms with E-state index in [1.165, 1.54) is 17.5 Å². The van der Waals surface area contributed by atoms with Gasteiger partial charge in [0.25, 0.3) is 0 Å². The number of ether oxygens (including phenoxy) is 2. The van der Waals surface area contributed by atoms with Crippen molar-refractivity contribution in [2.75, 3.05) is 26.8 Å². The average molecular weight is 327 g/mol. The highest BCUT2D eigenvalue weighted by atomic mass is 32.2. The topological polar surface area (TPSA) is 76.1 Å². The SMILES string of the molecule is COc1cccc(S(=O)(=O)N2CC[C@H](O)[C@]3(CCCO3)C2)c1. The lowest BCUT2D eigenvalue weighted by molar-refractivity contribution is -0.117. The van der Waals surface area contributed by atoms with Crippen LogP contribution >= 0.6 is 0 Å². The van der Waals surface area contributed by atoms with E-state index in [4.69, 9.17) is 9.47 Å². The molecule has 0 radical (unpaired) electrons. The lowest BCUT2D eigenvalue weighted by Crippen LogP contribution is -2.57. The van der Waals surface area contributed by atoms with Crippen LogP contribution in [0.2, 0.25) is 0 Å². The van der Waals surface area contributed by atoms with Crippen molar-refractivity contribution in [1.82, 2.24) is 4.31 Å². The Kier molecular flexibility index (Phi) is 4.15. The zero-order valence-corrected chi connectivity index (χ0v) is 13.4. The molecule has 7 heteroatoms. The van der Waals surface area contributed by atoms with Crippen LogP contribution in [0.5, 0.6) is 5.75 Å². The predicted octanol–water partition coefficient (Wildman–Crippen LogP) is 1.000. The van der Waals surface area contributed by atoms with Crippen molar-refractivity contribution in [2.45, 2.75) is 35.9 Å². The van der Waals surface area contributed by atoms with Crippen molar-refractivity contribution in [1.29, 1.82) is 0 Å². The zero-order chi connectivity index (χ0) is 15.8. The molecule has 0 amide bonds. The lowest BCUT2D eigenvalue weighted by Gasteiger charge is -2.42. The van der Waals surface area contributed by atoms with E-state index in [1.807, 2.05) is 0 Å². The van der Waals surface area contributed by atoms with E-state index in [0.29, 0.717) is 31.7 Å². The first-order valence-electron chi connectivity index (χ1n) is 7.44. The number of benzene rings is 1. The minimum atomic E-state index is -3.62. The molecule has 1 N–H and O–H groups in total. The standard InChI is InChI=1S/C15H21NO5S/c1-20-12-4-2-5-13(10-12)22(18,19)16-8-6-14(17)15(11-16)7-3-9-21-15/h2,4-5,10,14,17H,3,6-9,11H2,1H3/t14-,15-/m0/s1. The molecule has 0 aliphatic carbocycles. The zero-order valence-electron chi connectivity index (χ0n) is 12.6. The van der Waals surface area contributed by atoms with Crippen molar-refractivity contribution >= 4 is 10.0 Å². The summed E-state index contributed by atoms with van der Waals surface area (Å²) in [7, 11) is -2.11. The van der Waals surface area contributed by atoms with E-state index in [9.17, 15) is 13.5 Å². The molecule has 2 fully saturated rings. The van der Waals surface area contributed by atoms with Gasteiger partial charge in [-0.05, 0) is 31.4 Å². The quantitative estimate of drug-likeness (QED) is 0.896. The Morgan fingerprint density at radius 1 is 1.45 bits per heavy atom. The van der Waals surface area contributed by atoms with Gasteiger partial charge in [-0.25, -0.2) is 8.42 Å². The minimum absolute atomic E-state index is 0.202. The molecule has 2 heterocycles. The molecule has 1 aromatic rings. The molecular formula is C15H21NO5S. The highest BCUT2D eigenvalue weighted by Crippen LogP contribution is 2.36. The Morgan fingerprint density at radius 2 is 2.27 bits per heavy atom. The maximum absolute atomic E-state index is 12.8. The number of sulfonamides is 1. The van der Waals surface area contributed by atoms with Crippen LogP contribution in [0.15, 0.2) is 29.2 Å². The third kappa shape index (κ3) is 2.62. The van der Waals surface area contributed by atoms with Gasteiger partial charge >= 0.3 is 0 Å². The van der Waals surface area contributed by atoms with Gasteiger partial charge in [-0.2, -0.15) is 4.31 Å². The molecule has 122 valence electrons. The number of rotatable bonds is 3. The molecule has 0 aromatic heterocycles. The fourth-order valence-electron chi connectivity index (χ4n) is 3.23. The number of piperidine rings is 1. The van der Waals surface area contributed by atoms with Crippen LogP contribution in [0.1, 0.15) is 19.3 Å². The second-order valence-electron chi connectivity index (χ2n) is 5.84. The van der Waals surface area contributed by atoms with Gasteiger partial charge < -0.3 is 14.6 Å². The summed E-state index contributed by atoms with van der Waals surface area (Å²) in [5, 5.41) is 10.2. The third-order valence-electron chi connectivity index (χ3n) is 4.52. The average Bonchev–Trinajstić information content (AvgIpc) is 2.99. The Morgan fingerprint density at radius 3 is 2.95 bits per heavy atom. The molecule has 0 bridgehead atoms. The fourth-order valence-corrected chi connectivity index (χ4v) is 4.78. The van der Waals surface area contributed by atoms with Crippen molar-refractivity contribution in [3.63, 3.8) is 0 Å². The molecule has 3 rings (SSSR count). The monoisotopic (exact) mass is 327 g/mol. The largest absolute Gasteiger partial charge is 0.497 e. The molecule has 2 atom stereocenters. The Bertz CT molecular complexity index is 639. The highest BCUT2D eigenvalue weighted by molar-refractivity contribution is 7.89. The van der Waals surface area contributed by atoms with Gasteiger partial charge in [0.15, 0.2) is 0 Å². The Hall–Kier alpha value is -1.15. The first-order valence-corrected chi connectivity index (χ1v) is 8.88. The molecule has 1 spiro atoms. The van der Waals surface area contributed by atoms with Crippen molar-refractivity contribution in [3.05, 3.63) is 24.3 Å². The van der Waals surface area contributed by atoms with Crippen LogP contribution in [-0.2, 0) is 14.8 Å². The van der Waals surface area contributed by atoms with E-state index in [0.717, 1.165) is 6.42 Å². The van der Waals surface area contributed by atoms with E-state index >= 15 is 0 Å². The van der Waals surface area contributed by atoms with Gasteiger partial charge in [-0.1, -0.05) is 6.07 Å². The first kappa shape index (κ1) is 15.7. The van der Waals surface area contributed by atoms with Crippen LogP contribution in [-0.4, -0.2) is 56.3 Å². The van der Waals surface area contributed by atoms with Crippen molar-refractivity contribution in [3.8, 4) is 5.75 Å². The molecule has 0 saturated carbocycles.